The molecule has 0 aromatic rings. The number of esters is 3. The average Bonchev–Trinajstić information content (AvgIpc) is 3.50. The fourth-order valence-electron chi connectivity index (χ4n) is 7.98. The molecule has 0 bridgehead atoms. The van der Waals surface area contributed by atoms with E-state index in [0.29, 0.717) is 19.3 Å². The van der Waals surface area contributed by atoms with Crippen LogP contribution in [0.5, 0.6) is 0 Å². The Hall–Kier alpha value is -6.01. The summed E-state index contributed by atoms with van der Waals surface area (Å²) in [4.78, 5) is 38.1. The molecule has 6 heteroatoms. The smallest absolute Gasteiger partial charge is 0.306 e. The fraction of sp³-hybridized carbons (Fsp3) is 0.519. The summed E-state index contributed by atoms with van der Waals surface area (Å²) in [5.74, 6) is -1.01. The lowest BCUT2D eigenvalue weighted by atomic mass is 10.1. The van der Waals surface area contributed by atoms with Gasteiger partial charge in [0.25, 0.3) is 0 Å². The van der Waals surface area contributed by atoms with E-state index >= 15 is 0 Å². The van der Waals surface area contributed by atoms with Crippen molar-refractivity contribution in [1.29, 1.82) is 0 Å². The van der Waals surface area contributed by atoms with Crippen LogP contribution < -0.4 is 0 Å². The topological polar surface area (TPSA) is 78.9 Å². The fourth-order valence-corrected chi connectivity index (χ4v) is 7.98. The molecule has 6 nitrogen and oxygen atoms in total. The van der Waals surface area contributed by atoms with Gasteiger partial charge >= 0.3 is 17.9 Å². The first-order valence-electron chi connectivity index (χ1n) is 32.6. The normalized spacial score (nSPS) is 13.5. The maximum Gasteiger partial charge on any atom is 0.306 e. The van der Waals surface area contributed by atoms with Crippen LogP contribution in [0.25, 0.3) is 0 Å². The summed E-state index contributed by atoms with van der Waals surface area (Å²) < 4.78 is 16.8. The maximum absolute atomic E-state index is 12.9. The number of allylic oxidation sites excluding steroid dienone is 34. The number of carbonyl (C=O) groups is 3. The van der Waals surface area contributed by atoms with Crippen molar-refractivity contribution in [1.82, 2.24) is 0 Å². The minimum atomic E-state index is -0.825. The van der Waals surface area contributed by atoms with Crippen LogP contribution in [0.1, 0.15) is 239 Å². The number of hydrogen-bond acceptors (Lipinski definition) is 6. The van der Waals surface area contributed by atoms with E-state index in [0.717, 1.165) is 161 Å². The predicted molar refractivity (Wildman–Crippen MR) is 361 cm³/mol. The Labute approximate surface area is 509 Å². The third-order valence-electron chi connectivity index (χ3n) is 12.8. The highest BCUT2D eigenvalue weighted by Crippen LogP contribution is 2.12. The molecule has 0 aliphatic heterocycles. The molecule has 0 spiro atoms. The predicted octanol–water partition coefficient (Wildman–Crippen LogP) is 22.8. The summed E-state index contributed by atoms with van der Waals surface area (Å²) in [7, 11) is 0. The van der Waals surface area contributed by atoms with Crippen molar-refractivity contribution in [2.45, 2.75) is 245 Å². The van der Waals surface area contributed by atoms with Crippen molar-refractivity contribution in [2.75, 3.05) is 13.2 Å². The van der Waals surface area contributed by atoms with E-state index in [1.165, 1.54) is 25.7 Å². The Kier molecular flexibility index (Phi) is 63.5. The van der Waals surface area contributed by atoms with Gasteiger partial charge in [0.1, 0.15) is 13.2 Å². The minimum Gasteiger partial charge on any atom is -0.462 e. The van der Waals surface area contributed by atoms with Crippen LogP contribution in [0.15, 0.2) is 207 Å². The number of rotatable bonds is 56. The first-order chi connectivity index (χ1) is 41.0. The molecular weight excluding hydrogens is 1020 g/mol. The number of ether oxygens (including phenoxy) is 3. The highest BCUT2D eigenvalue weighted by molar-refractivity contribution is 5.71. The first kappa shape index (κ1) is 77.0. The lowest BCUT2D eigenvalue weighted by Crippen LogP contribution is -2.30. The standard InChI is InChI=1S/C77H116O6/c1-4-7-10-13-16-18-20-22-24-26-28-30-32-34-35-36-37-38-39-40-41-43-44-46-48-50-52-54-56-58-61-64-67-70-76(79)82-73-74(72-81-75(78)69-66-63-60-15-12-9-6-3)83-77(80)71-68-65-62-59-57-55-53-51-49-47-45-42-33-31-29-27-25-23-21-19-17-14-11-8-5-2/h7-8,10-11,16-19,22-25,28-31,34-35,37-38,40-42,44-46,49-52,55-58,74H,4-6,9,12-15,20-21,26-27,32-33,36,39,43,47-48,53-54,59-73H2,1-3H3/b10-7-,11-8-,18-16-,19-17-,24-22-,25-23-,30-28-,31-29-,35-34-,38-37-,41-40-,45-42-,46-44-,51-49-,52-50-,57-55-,58-56-. The highest BCUT2D eigenvalue weighted by Gasteiger charge is 2.19. The lowest BCUT2D eigenvalue weighted by Gasteiger charge is -2.18. The summed E-state index contributed by atoms with van der Waals surface area (Å²) >= 11 is 0. The van der Waals surface area contributed by atoms with Gasteiger partial charge in [0.2, 0.25) is 0 Å². The van der Waals surface area contributed by atoms with Crippen molar-refractivity contribution < 1.29 is 28.6 Å². The monoisotopic (exact) mass is 1140 g/mol. The van der Waals surface area contributed by atoms with E-state index in [1.807, 2.05) is 0 Å². The summed E-state index contributed by atoms with van der Waals surface area (Å²) in [5, 5.41) is 0. The molecule has 1 unspecified atom stereocenters. The second-order valence-electron chi connectivity index (χ2n) is 20.6. The van der Waals surface area contributed by atoms with Crippen LogP contribution in [0.3, 0.4) is 0 Å². The van der Waals surface area contributed by atoms with Crippen LogP contribution in [-0.4, -0.2) is 37.2 Å². The number of hydrogen-bond donors (Lipinski definition) is 0. The van der Waals surface area contributed by atoms with Crippen LogP contribution in [0, 0.1) is 0 Å². The second kappa shape index (κ2) is 68.5. The second-order valence-corrected chi connectivity index (χ2v) is 20.6. The van der Waals surface area contributed by atoms with E-state index in [2.05, 4.69) is 227 Å². The van der Waals surface area contributed by atoms with Crippen molar-refractivity contribution in [3.63, 3.8) is 0 Å². The SMILES string of the molecule is CC/C=C\C/C=C\C/C=C\C/C=C\C/C=C\C/C=C\C/C=C\C/C=C\C/C=C\C/C=C\CCCCC(=O)OCC(COC(=O)CCCCCCCCC)OC(=O)CCCCC/C=C\C/C=C\C/C=C\C/C=C\C/C=C\C/C=C\C/C=C\CC. The van der Waals surface area contributed by atoms with Crippen molar-refractivity contribution in [2.24, 2.45) is 0 Å². The largest absolute Gasteiger partial charge is 0.462 e. The van der Waals surface area contributed by atoms with Crippen molar-refractivity contribution >= 4 is 17.9 Å². The molecule has 460 valence electrons. The highest BCUT2D eigenvalue weighted by atomic mass is 16.6. The molecule has 1 atom stereocenters. The summed E-state index contributed by atoms with van der Waals surface area (Å²) in [6, 6.07) is 0. The summed E-state index contributed by atoms with van der Waals surface area (Å²) in [5.41, 5.74) is 0. The van der Waals surface area contributed by atoms with Gasteiger partial charge in [-0.05, 0) is 154 Å². The molecule has 0 aromatic heterocycles. The maximum atomic E-state index is 12.9. The van der Waals surface area contributed by atoms with Crippen LogP contribution in [-0.2, 0) is 28.6 Å². The third-order valence-corrected chi connectivity index (χ3v) is 12.8. The Morgan fingerprint density at radius 1 is 0.253 bits per heavy atom. The molecule has 0 heterocycles. The van der Waals surface area contributed by atoms with Gasteiger partial charge in [0, 0.05) is 19.3 Å². The molecule has 0 saturated heterocycles. The molecule has 0 radical (unpaired) electrons. The van der Waals surface area contributed by atoms with Crippen molar-refractivity contribution in [3.05, 3.63) is 207 Å². The van der Waals surface area contributed by atoms with Gasteiger partial charge in [-0.3, -0.25) is 14.4 Å². The Balaban J connectivity index is 4.35. The Morgan fingerprint density at radius 3 is 0.759 bits per heavy atom. The zero-order valence-electron chi connectivity index (χ0n) is 52.6. The van der Waals surface area contributed by atoms with E-state index in [4.69, 9.17) is 14.2 Å². The van der Waals surface area contributed by atoms with Crippen molar-refractivity contribution in [3.8, 4) is 0 Å². The lowest BCUT2D eigenvalue weighted by molar-refractivity contribution is -0.167. The minimum absolute atomic E-state index is 0.116. The van der Waals surface area contributed by atoms with Gasteiger partial charge in [-0.2, -0.15) is 0 Å². The number of unbranched alkanes of at least 4 members (excludes halogenated alkanes) is 11. The molecule has 0 saturated carbocycles. The summed E-state index contributed by atoms with van der Waals surface area (Å²) in [6.45, 7) is 6.28. The molecule has 0 aliphatic rings. The van der Waals surface area contributed by atoms with Crippen LogP contribution in [0.4, 0.5) is 0 Å². The van der Waals surface area contributed by atoms with Gasteiger partial charge in [0.15, 0.2) is 6.10 Å². The van der Waals surface area contributed by atoms with Gasteiger partial charge in [-0.25, -0.2) is 0 Å². The average molecular weight is 1140 g/mol. The molecule has 0 rings (SSSR count). The zero-order valence-corrected chi connectivity index (χ0v) is 52.6. The van der Waals surface area contributed by atoms with E-state index < -0.39 is 6.10 Å². The van der Waals surface area contributed by atoms with Gasteiger partial charge < -0.3 is 14.2 Å². The van der Waals surface area contributed by atoms with Crippen LogP contribution in [0.2, 0.25) is 0 Å². The van der Waals surface area contributed by atoms with E-state index in [9.17, 15) is 14.4 Å². The van der Waals surface area contributed by atoms with Gasteiger partial charge in [0.05, 0.1) is 0 Å². The molecule has 0 fully saturated rings. The Morgan fingerprint density at radius 2 is 0.470 bits per heavy atom. The molecule has 0 amide bonds. The molecule has 83 heavy (non-hydrogen) atoms. The molecule has 0 N–H and O–H groups in total. The van der Waals surface area contributed by atoms with Gasteiger partial charge in [-0.1, -0.05) is 272 Å². The van der Waals surface area contributed by atoms with Crippen LogP contribution >= 0.6 is 0 Å². The number of carbonyl (C=O) groups excluding carboxylic acids is 3. The summed E-state index contributed by atoms with van der Waals surface area (Å²) in [6.07, 6.45) is 106. The van der Waals surface area contributed by atoms with E-state index in [1.54, 1.807) is 0 Å². The molecule has 0 aromatic carbocycles. The Bertz CT molecular complexity index is 2030. The molecular formula is C77H116O6. The first-order valence-corrected chi connectivity index (χ1v) is 32.6. The third kappa shape index (κ3) is 66.7. The zero-order chi connectivity index (χ0) is 59.9. The quantitative estimate of drug-likeness (QED) is 0.0261. The van der Waals surface area contributed by atoms with Gasteiger partial charge in [-0.15, -0.1) is 0 Å². The van der Waals surface area contributed by atoms with E-state index in [-0.39, 0.29) is 44.0 Å². The molecule has 0 aliphatic carbocycles.